The fourth-order valence-electron chi connectivity index (χ4n) is 8.30. The molecule has 4 aromatic carbocycles. The normalized spacial score (nSPS) is 17.4. The molecule has 2 fully saturated rings. The van der Waals surface area contributed by atoms with Crippen molar-refractivity contribution in [2.45, 2.75) is 43.8 Å². The Balaban J connectivity index is 0.862. The van der Waals surface area contributed by atoms with Crippen LogP contribution in [0, 0.1) is 0 Å². The maximum atomic E-state index is 13.9. The van der Waals surface area contributed by atoms with E-state index < -0.39 is 0 Å². The molecule has 12 heteroatoms. The zero-order valence-corrected chi connectivity index (χ0v) is 32.7. The number of aromatic nitrogens is 6. The van der Waals surface area contributed by atoms with Crippen molar-refractivity contribution in [1.82, 2.24) is 44.2 Å². The molecular formula is C45H43N9O2S. The van der Waals surface area contributed by atoms with Crippen LogP contribution in [0.25, 0.3) is 44.9 Å². The highest BCUT2D eigenvalue weighted by Crippen LogP contribution is 2.37. The Morgan fingerprint density at radius 1 is 0.667 bits per heavy atom. The van der Waals surface area contributed by atoms with Gasteiger partial charge in [-0.25, -0.2) is 9.97 Å². The molecule has 0 aliphatic carbocycles. The number of H-pyrrole nitrogens is 2. The van der Waals surface area contributed by atoms with Crippen molar-refractivity contribution in [2.75, 3.05) is 27.2 Å². The minimum Gasteiger partial charge on any atom is -0.340 e. The number of benzene rings is 4. The summed E-state index contributed by atoms with van der Waals surface area (Å²) in [6, 6.07) is 36.0. The average Bonchev–Trinajstić information content (AvgIpc) is 4.11. The predicted molar refractivity (Wildman–Crippen MR) is 222 cm³/mol. The van der Waals surface area contributed by atoms with Gasteiger partial charge in [-0.2, -0.15) is 0 Å². The molecule has 9 rings (SSSR count). The van der Waals surface area contributed by atoms with Crippen LogP contribution in [0.4, 0.5) is 0 Å². The van der Waals surface area contributed by atoms with Gasteiger partial charge in [-0.1, -0.05) is 114 Å². The first-order valence-corrected chi connectivity index (χ1v) is 20.2. The molecular weight excluding hydrogens is 731 g/mol. The summed E-state index contributed by atoms with van der Waals surface area (Å²) in [5.74, 6) is 1.65. The molecule has 0 saturated carbocycles. The average molecular weight is 774 g/mol. The number of likely N-dealkylation sites (N-methyl/N-ethyl adjacent to an activating group) is 1. The second-order valence-corrected chi connectivity index (χ2v) is 15.7. The van der Waals surface area contributed by atoms with E-state index in [-0.39, 0.29) is 29.9 Å². The Labute approximate surface area is 335 Å². The second-order valence-electron chi connectivity index (χ2n) is 15.0. The Morgan fingerprint density at radius 3 is 1.74 bits per heavy atom. The highest BCUT2D eigenvalue weighted by Gasteiger charge is 2.37. The monoisotopic (exact) mass is 773 g/mol. The van der Waals surface area contributed by atoms with Crippen LogP contribution in [0.1, 0.15) is 70.7 Å². The molecule has 3 atom stereocenters. The number of nitrogens with one attached hydrogen (secondary N) is 2. The lowest BCUT2D eigenvalue weighted by Gasteiger charge is -2.31. The van der Waals surface area contributed by atoms with Crippen molar-refractivity contribution >= 4 is 23.3 Å². The van der Waals surface area contributed by atoms with E-state index in [9.17, 15) is 9.59 Å². The first kappa shape index (κ1) is 36.4. The Bertz CT molecular complexity index is 2480. The van der Waals surface area contributed by atoms with E-state index in [0.717, 1.165) is 93.6 Å². The lowest BCUT2D eigenvalue weighted by atomic mass is 10.0. The van der Waals surface area contributed by atoms with Crippen LogP contribution in [0.3, 0.4) is 0 Å². The third kappa shape index (κ3) is 7.18. The first-order chi connectivity index (χ1) is 27.9. The Hall–Kier alpha value is -6.24. The van der Waals surface area contributed by atoms with Crippen molar-refractivity contribution in [2.24, 2.45) is 0 Å². The van der Waals surface area contributed by atoms with Gasteiger partial charge in [-0.05, 0) is 79.1 Å². The number of carbonyl (C=O) groups is 2. The molecule has 7 aromatic rings. The molecule has 286 valence electrons. The molecule has 2 aliphatic rings. The van der Waals surface area contributed by atoms with Gasteiger partial charge in [-0.3, -0.25) is 14.5 Å². The van der Waals surface area contributed by atoms with Gasteiger partial charge in [0.1, 0.15) is 28.3 Å². The summed E-state index contributed by atoms with van der Waals surface area (Å²) in [4.78, 5) is 50.7. The van der Waals surface area contributed by atoms with E-state index in [1.54, 1.807) is 0 Å². The minimum absolute atomic E-state index is 0.0579. The van der Waals surface area contributed by atoms with Gasteiger partial charge in [0.15, 0.2) is 0 Å². The molecule has 0 spiro atoms. The SMILES string of the molecule is CN(C)C(C(=O)N1CCC[C@H]1c1ncc(-c2ccc(-c3ccc(-c4cnc([C@@H]5CCCN5C(=O)c5snnc5-c5ccccc5)[nH]4)cc3)cc2)[nH]1)c1ccccc1. The summed E-state index contributed by atoms with van der Waals surface area (Å²) in [6.07, 6.45) is 7.29. The van der Waals surface area contributed by atoms with Gasteiger partial charge >= 0.3 is 0 Å². The lowest BCUT2D eigenvalue weighted by Crippen LogP contribution is -2.40. The predicted octanol–water partition coefficient (Wildman–Crippen LogP) is 8.60. The van der Waals surface area contributed by atoms with E-state index >= 15 is 0 Å². The van der Waals surface area contributed by atoms with Crippen LogP contribution in [-0.4, -0.2) is 83.2 Å². The quantitative estimate of drug-likeness (QED) is 0.143. The molecule has 11 nitrogen and oxygen atoms in total. The van der Waals surface area contributed by atoms with Gasteiger partial charge in [0.05, 0.1) is 35.9 Å². The maximum Gasteiger partial charge on any atom is 0.268 e. The number of likely N-dealkylation sites (tertiary alicyclic amines) is 2. The molecule has 5 heterocycles. The summed E-state index contributed by atoms with van der Waals surface area (Å²) in [7, 11) is 3.91. The highest BCUT2D eigenvalue weighted by molar-refractivity contribution is 7.08. The summed E-state index contributed by atoms with van der Waals surface area (Å²) >= 11 is 1.14. The number of amides is 2. The van der Waals surface area contributed by atoms with Gasteiger partial charge in [0.25, 0.3) is 5.91 Å². The third-order valence-corrected chi connectivity index (χ3v) is 11.9. The molecule has 0 radical (unpaired) electrons. The van der Waals surface area contributed by atoms with E-state index in [1.807, 2.05) is 102 Å². The number of nitrogens with zero attached hydrogens (tertiary/aromatic N) is 7. The molecule has 0 bridgehead atoms. The standard InChI is InChI=1S/C45H43N9O2S/c1-52(2)40(34-13-7-4-8-14-34)44(55)53-25-9-15-37(53)42-46-27-35(48-42)31-21-17-29(18-22-31)30-19-23-32(24-20-30)36-28-47-43(49-36)38-16-10-26-54(38)45(56)41-39(50-51-57-41)33-11-5-3-6-12-33/h3-8,11-14,17-24,27-28,37-38,40H,9-10,15-16,25-26H2,1-2H3,(H,46,48)(H,47,49)/t37-,38-,40?/m0/s1. The maximum absolute atomic E-state index is 13.9. The molecule has 1 unspecified atom stereocenters. The molecule has 2 N–H and O–H groups in total. The molecule has 2 saturated heterocycles. The smallest absolute Gasteiger partial charge is 0.268 e. The third-order valence-electron chi connectivity index (χ3n) is 11.2. The number of hydrogen-bond acceptors (Lipinski definition) is 8. The van der Waals surface area contributed by atoms with E-state index in [2.05, 4.69) is 68.1 Å². The summed E-state index contributed by atoms with van der Waals surface area (Å²) in [5.41, 5.74) is 8.60. The van der Waals surface area contributed by atoms with Gasteiger partial charge in [0, 0.05) is 18.7 Å². The second kappa shape index (κ2) is 15.7. The Morgan fingerprint density at radius 2 is 1.18 bits per heavy atom. The number of hydrogen-bond donors (Lipinski definition) is 2. The van der Waals surface area contributed by atoms with Crippen LogP contribution >= 0.6 is 11.5 Å². The van der Waals surface area contributed by atoms with Crippen LogP contribution < -0.4 is 0 Å². The topological polar surface area (TPSA) is 127 Å². The van der Waals surface area contributed by atoms with Crippen LogP contribution in [0.15, 0.2) is 122 Å². The van der Waals surface area contributed by atoms with E-state index in [0.29, 0.717) is 23.7 Å². The highest BCUT2D eigenvalue weighted by atomic mass is 32.1. The molecule has 3 aromatic heterocycles. The van der Waals surface area contributed by atoms with Crippen molar-refractivity contribution in [3.8, 4) is 44.9 Å². The fourth-order valence-corrected chi connectivity index (χ4v) is 8.94. The van der Waals surface area contributed by atoms with Crippen molar-refractivity contribution < 1.29 is 9.59 Å². The summed E-state index contributed by atoms with van der Waals surface area (Å²) in [5, 5.41) is 4.29. The Kier molecular flexibility index (Phi) is 10.0. The van der Waals surface area contributed by atoms with Crippen molar-refractivity contribution in [1.29, 1.82) is 0 Å². The van der Waals surface area contributed by atoms with Crippen LogP contribution in [0.5, 0.6) is 0 Å². The largest absolute Gasteiger partial charge is 0.340 e. The molecule has 57 heavy (non-hydrogen) atoms. The zero-order chi connectivity index (χ0) is 38.9. The number of rotatable bonds is 10. The van der Waals surface area contributed by atoms with Crippen LogP contribution in [0.2, 0.25) is 0 Å². The van der Waals surface area contributed by atoms with Crippen molar-refractivity contribution in [3.63, 3.8) is 0 Å². The minimum atomic E-state index is -0.345. The van der Waals surface area contributed by atoms with Gasteiger partial charge in [0.2, 0.25) is 5.91 Å². The number of carbonyl (C=O) groups excluding carboxylic acids is 2. The summed E-state index contributed by atoms with van der Waals surface area (Å²) in [6.45, 7) is 1.38. The van der Waals surface area contributed by atoms with Crippen LogP contribution in [-0.2, 0) is 4.79 Å². The first-order valence-electron chi connectivity index (χ1n) is 19.4. The van der Waals surface area contributed by atoms with E-state index in [1.165, 1.54) is 0 Å². The lowest BCUT2D eigenvalue weighted by molar-refractivity contribution is -0.137. The number of aromatic amines is 2. The molecule has 2 aliphatic heterocycles. The zero-order valence-electron chi connectivity index (χ0n) is 31.9. The number of imidazole rings is 2. The van der Waals surface area contributed by atoms with Gasteiger partial charge < -0.3 is 19.8 Å². The molecule has 2 amide bonds. The van der Waals surface area contributed by atoms with E-state index in [4.69, 9.17) is 9.97 Å². The summed E-state index contributed by atoms with van der Waals surface area (Å²) < 4.78 is 4.12. The van der Waals surface area contributed by atoms with Crippen molar-refractivity contribution in [3.05, 3.63) is 144 Å². The van der Waals surface area contributed by atoms with Gasteiger partial charge in [-0.15, -0.1) is 5.10 Å². The fraction of sp³-hybridized carbons (Fsp3) is 0.244.